The molecule has 2 N–H and O–H groups in total. The molecule has 0 radical (unpaired) electrons. The first-order valence-corrected chi connectivity index (χ1v) is 9.32. The van der Waals surface area contributed by atoms with Crippen LogP contribution < -0.4 is 4.74 Å². The maximum absolute atomic E-state index is 11.1. The molecular formula is C17H15NO5S2. The standard InChI is InChI=1S/C10H7NO2S.C7H8O3S/c12-8-6-9(13)14-10(11-8)7-4-2-1-3-5-7;1-6-2-4-7(5-3-6)11(8,9)10/h1-6,12H;2-5H,1H3,(H,8,9,10). The van der Waals surface area contributed by atoms with Crippen molar-refractivity contribution in [2.75, 3.05) is 0 Å². The van der Waals surface area contributed by atoms with Crippen LogP contribution in [0.1, 0.15) is 5.56 Å². The van der Waals surface area contributed by atoms with E-state index in [1.165, 1.54) is 12.1 Å². The Morgan fingerprint density at radius 3 is 2.12 bits per heavy atom. The minimum absolute atomic E-state index is 0.0666. The number of rotatable bonds is 2. The molecule has 8 heteroatoms. The summed E-state index contributed by atoms with van der Waals surface area (Å²) >= 11 is 1.02. The highest BCUT2D eigenvalue weighted by Gasteiger charge is 2.06. The SMILES string of the molecule is Cc1ccc(S(=O)(=O)O)cc1.O=c1cc(O)nc(-c2ccccc2)s1. The molecule has 2 aromatic carbocycles. The van der Waals surface area contributed by atoms with Crippen molar-refractivity contribution < 1.29 is 18.1 Å². The third-order valence-electron chi connectivity index (χ3n) is 3.00. The second-order valence-electron chi connectivity index (χ2n) is 4.99. The van der Waals surface area contributed by atoms with Crippen LogP contribution in [0.4, 0.5) is 0 Å². The van der Waals surface area contributed by atoms with E-state index in [1.807, 2.05) is 37.3 Å². The Kier molecular flexibility index (Phi) is 6.02. The average Bonchev–Trinajstić information content (AvgIpc) is 2.55. The molecule has 0 aliphatic carbocycles. The zero-order valence-electron chi connectivity index (χ0n) is 13.2. The van der Waals surface area contributed by atoms with Crippen molar-refractivity contribution in [2.45, 2.75) is 11.8 Å². The van der Waals surface area contributed by atoms with E-state index in [4.69, 9.17) is 9.66 Å². The zero-order chi connectivity index (χ0) is 18.4. The van der Waals surface area contributed by atoms with Crippen molar-refractivity contribution in [1.29, 1.82) is 0 Å². The number of hydrogen-bond donors (Lipinski definition) is 2. The first-order valence-electron chi connectivity index (χ1n) is 7.06. The van der Waals surface area contributed by atoms with Gasteiger partial charge in [-0.1, -0.05) is 59.4 Å². The molecule has 0 aliphatic heterocycles. The average molecular weight is 377 g/mol. The van der Waals surface area contributed by atoms with E-state index >= 15 is 0 Å². The lowest BCUT2D eigenvalue weighted by Crippen LogP contribution is -1.96. The summed E-state index contributed by atoms with van der Waals surface area (Å²) in [7, 11) is -4.02. The smallest absolute Gasteiger partial charge is 0.294 e. The molecule has 0 fully saturated rings. The van der Waals surface area contributed by atoms with E-state index in [0.29, 0.717) is 5.01 Å². The van der Waals surface area contributed by atoms with Gasteiger partial charge >= 0.3 is 0 Å². The largest absolute Gasteiger partial charge is 0.493 e. The molecule has 0 bridgehead atoms. The van der Waals surface area contributed by atoms with Crippen molar-refractivity contribution in [1.82, 2.24) is 4.98 Å². The Hall–Kier alpha value is -2.55. The zero-order valence-corrected chi connectivity index (χ0v) is 14.8. The van der Waals surface area contributed by atoms with Crippen LogP contribution in [0.2, 0.25) is 0 Å². The number of aromatic nitrogens is 1. The van der Waals surface area contributed by atoms with Crippen LogP contribution in [0.25, 0.3) is 10.6 Å². The number of hydrogen-bond acceptors (Lipinski definition) is 6. The van der Waals surface area contributed by atoms with Crippen molar-refractivity contribution >= 4 is 21.5 Å². The highest BCUT2D eigenvalue weighted by molar-refractivity contribution is 7.85. The van der Waals surface area contributed by atoms with Gasteiger partial charge in [0.05, 0.1) is 11.0 Å². The predicted octanol–water partition coefficient (Wildman–Crippen LogP) is 3.12. The van der Waals surface area contributed by atoms with Crippen LogP contribution in [-0.4, -0.2) is 23.1 Å². The van der Waals surface area contributed by atoms with Gasteiger partial charge in [0.1, 0.15) is 5.01 Å². The first kappa shape index (κ1) is 18.8. The lowest BCUT2D eigenvalue weighted by atomic mass is 10.2. The second kappa shape index (κ2) is 8.02. The molecule has 1 heterocycles. The van der Waals surface area contributed by atoms with Gasteiger partial charge in [-0.2, -0.15) is 8.42 Å². The number of aromatic hydroxyl groups is 1. The highest BCUT2D eigenvalue weighted by atomic mass is 32.2. The van der Waals surface area contributed by atoms with Gasteiger partial charge in [0, 0.05) is 5.56 Å². The normalized spacial score (nSPS) is 10.6. The molecule has 0 atom stereocenters. The van der Waals surface area contributed by atoms with Crippen LogP contribution in [0.5, 0.6) is 5.88 Å². The minimum Gasteiger partial charge on any atom is -0.493 e. The van der Waals surface area contributed by atoms with Gasteiger partial charge in [-0.25, -0.2) is 4.98 Å². The summed E-state index contributed by atoms with van der Waals surface area (Å²) in [5, 5.41) is 9.69. The maximum atomic E-state index is 11.1. The van der Waals surface area contributed by atoms with Gasteiger partial charge in [-0.3, -0.25) is 9.35 Å². The van der Waals surface area contributed by atoms with Crippen LogP contribution in [-0.2, 0) is 10.1 Å². The Bertz CT molecular complexity index is 997. The molecule has 3 rings (SSSR count). The Morgan fingerprint density at radius 2 is 1.60 bits per heavy atom. The van der Waals surface area contributed by atoms with E-state index in [1.54, 1.807) is 12.1 Å². The quantitative estimate of drug-likeness (QED) is 0.665. The lowest BCUT2D eigenvalue weighted by molar-refractivity contribution is 0.454. The van der Waals surface area contributed by atoms with Crippen molar-refractivity contribution in [3.8, 4) is 16.5 Å². The summed E-state index contributed by atoms with van der Waals surface area (Å²) in [4.78, 5) is 14.9. The molecule has 130 valence electrons. The molecule has 1 aromatic heterocycles. The monoisotopic (exact) mass is 377 g/mol. The predicted molar refractivity (Wildman–Crippen MR) is 96.5 cm³/mol. The van der Waals surface area contributed by atoms with Gasteiger partial charge in [0.15, 0.2) is 0 Å². The summed E-state index contributed by atoms with van der Waals surface area (Å²) in [6, 6.07) is 16.4. The molecular weight excluding hydrogens is 362 g/mol. The van der Waals surface area contributed by atoms with Gasteiger partial charge < -0.3 is 5.11 Å². The molecule has 3 aromatic rings. The molecule has 0 saturated heterocycles. The summed E-state index contributed by atoms with van der Waals surface area (Å²) in [6.07, 6.45) is 0. The van der Waals surface area contributed by atoms with Gasteiger partial charge in [-0.15, -0.1) is 0 Å². The Morgan fingerprint density at radius 1 is 1.00 bits per heavy atom. The fourth-order valence-corrected chi connectivity index (χ4v) is 3.03. The van der Waals surface area contributed by atoms with Crippen LogP contribution in [0.15, 0.2) is 70.4 Å². The molecule has 0 saturated carbocycles. The third-order valence-corrected chi connectivity index (χ3v) is 4.71. The fraction of sp³-hybridized carbons (Fsp3) is 0.0588. The summed E-state index contributed by atoms with van der Waals surface area (Å²) in [5.74, 6) is -0.229. The van der Waals surface area contributed by atoms with E-state index < -0.39 is 10.1 Å². The van der Waals surface area contributed by atoms with Gasteiger partial charge in [0.2, 0.25) is 10.6 Å². The Balaban J connectivity index is 0.000000186. The van der Waals surface area contributed by atoms with Crippen molar-refractivity contribution in [3.05, 3.63) is 75.8 Å². The molecule has 6 nitrogen and oxygen atoms in total. The lowest BCUT2D eigenvalue weighted by Gasteiger charge is -1.98. The molecule has 0 unspecified atom stereocenters. The summed E-state index contributed by atoms with van der Waals surface area (Å²) < 4.78 is 29.4. The molecule has 25 heavy (non-hydrogen) atoms. The third kappa shape index (κ3) is 5.79. The van der Waals surface area contributed by atoms with E-state index in [9.17, 15) is 13.2 Å². The molecule has 0 spiro atoms. The molecule has 0 aliphatic rings. The van der Waals surface area contributed by atoms with Gasteiger partial charge in [0.25, 0.3) is 10.1 Å². The fourth-order valence-electron chi connectivity index (χ4n) is 1.80. The van der Waals surface area contributed by atoms with E-state index in [0.717, 1.165) is 28.5 Å². The van der Waals surface area contributed by atoms with E-state index in [-0.39, 0.29) is 15.5 Å². The first-order chi connectivity index (χ1) is 11.8. The highest BCUT2D eigenvalue weighted by Crippen LogP contribution is 2.20. The van der Waals surface area contributed by atoms with Crippen LogP contribution in [0.3, 0.4) is 0 Å². The maximum Gasteiger partial charge on any atom is 0.294 e. The van der Waals surface area contributed by atoms with Crippen molar-refractivity contribution in [3.63, 3.8) is 0 Å². The van der Waals surface area contributed by atoms with Crippen LogP contribution >= 0.6 is 11.3 Å². The van der Waals surface area contributed by atoms with Gasteiger partial charge in [-0.05, 0) is 19.1 Å². The van der Waals surface area contributed by atoms with E-state index in [2.05, 4.69) is 4.98 Å². The Labute approximate surface area is 148 Å². The topological polar surface area (TPSA) is 105 Å². The van der Waals surface area contributed by atoms with Crippen LogP contribution in [0, 0.1) is 6.92 Å². The number of benzene rings is 2. The summed E-state index contributed by atoms with van der Waals surface area (Å²) in [6.45, 7) is 1.84. The minimum atomic E-state index is -4.02. The van der Waals surface area contributed by atoms with Crippen molar-refractivity contribution in [2.24, 2.45) is 0 Å². The number of aryl methyl sites for hydroxylation is 1. The molecule has 0 amide bonds. The number of nitrogens with zero attached hydrogens (tertiary/aromatic N) is 1. The summed E-state index contributed by atoms with van der Waals surface area (Å²) in [5.41, 5.74) is 1.79. The second-order valence-corrected chi connectivity index (χ2v) is 7.41.